The third-order valence-electron chi connectivity index (χ3n) is 3.68. The minimum atomic E-state index is -4.51. The molecule has 2 heterocycles. The summed E-state index contributed by atoms with van der Waals surface area (Å²) >= 11 is 0. The lowest BCUT2D eigenvalue weighted by molar-refractivity contribution is -0.137. The molecule has 1 aliphatic rings. The van der Waals surface area contributed by atoms with Crippen LogP contribution < -0.4 is 0 Å². The molecule has 1 aromatic carbocycles. The lowest BCUT2D eigenvalue weighted by atomic mass is 10.0. The Bertz CT molecular complexity index is 756. The van der Waals surface area contributed by atoms with Crippen molar-refractivity contribution in [2.75, 3.05) is 19.8 Å². The molecular weight excluding hydrogens is 321 g/mol. The van der Waals surface area contributed by atoms with Crippen LogP contribution >= 0.6 is 0 Å². The van der Waals surface area contributed by atoms with Crippen molar-refractivity contribution < 1.29 is 22.6 Å². The minimum Gasteiger partial charge on any atom is -0.376 e. The molecule has 7 heteroatoms. The van der Waals surface area contributed by atoms with Gasteiger partial charge in [0.1, 0.15) is 6.10 Å². The zero-order valence-electron chi connectivity index (χ0n) is 12.7. The summed E-state index contributed by atoms with van der Waals surface area (Å²) in [6.07, 6.45) is 2.16. The van der Waals surface area contributed by atoms with Crippen LogP contribution in [0.1, 0.15) is 11.1 Å². The van der Waals surface area contributed by atoms with Crippen LogP contribution in [0.5, 0.6) is 0 Å². The molecule has 2 aromatic rings. The number of rotatable bonds is 3. The quantitative estimate of drug-likeness (QED) is 0.809. The fourth-order valence-corrected chi connectivity index (χ4v) is 2.55. The molecular formula is C17H15F3N2O2. The third-order valence-corrected chi connectivity index (χ3v) is 3.68. The van der Waals surface area contributed by atoms with Gasteiger partial charge in [0.25, 0.3) is 0 Å². The van der Waals surface area contributed by atoms with Gasteiger partial charge in [0, 0.05) is 17.3 Å². The number of hydrogen-bond acceptors (Lipinski definition) is 3. The fraction of sp³-hybridized carbons (Fsp3) is 0.353. The number of halogens is 3. The van der Waals surface area contributed by atoms with Crippen molar-refractivity contribution in [2.24, 2.45) is 0 Å². The van der Waals surface area contributed by atoms with Crippen LogP contribution in [0.15, 0.2) is 30.5 Å². The molecule has 0 saturated carbocycles. The number of aromatic nitrogens is 2. The van der Waals surface area contributed by atoms with Gasteiger partial charge in [-0.05, 0) is 18.2 Å². The van der Waals surface area contributed by atoms with Gasteiger partial charge in [-0.3, -0.25) is 4.68 Å². The summed E-state index contributed by atoms with van der Waals surface area (Å²) in [4.78, 5) is 0. The summed E-state index contributed by atoms with van der Waals surface area (Å²) < 4.78 is 52.2. The molecule has 126 valence electrons. The molecule has 1 saturated heterocycles. The van der Waals surface area contributed by atoms with Crippen molar-refractivity contribution >= 4 is 0 Å². The summed E-state index contributed by atoms with van der Waals surface area (Å²) in [5.41, 5.74) is -0.373. The van der Waals surface area contributed by atoms with E-state index in [4.69, 9.17) is 15.9 Å². The van der Waals surface area contributed by atoms with Crippen molar-refractivity contribution in [3.63, 3.8) is 0 Å². The maximum absolute atomic E-state index is 13.3. The molecule has 4 nitrogen and oxygen atoms in total. The normalized spacial score (nSPS) is 18.3. The predicted molar refractivity (Wildman–Crippen MR) is 81.2 cm³/mol. The van der Waals surface area contributed by atoms with E-state index in [0.717, 1.165) is 6.07 Å². The van der Waals surface area contributed by atoms with Crippen molar-refractivity contribution in [3.05, 3.63) is 41.6 Å². The molecule has 0 spiro atoms. The molecule has 3 rings (SSSR count). The van der Waals surface area contributed by atoms with Gasteiger partial charge in [-0.1, -0.05) is 12.0 Å². The van der Waals surface area contributed by atoms with Gasteiger partial charge in [-0.25, -0.2) is 0 Å². The van der Waals surface area contributed by atoms with E-state index >= 15 is 0 Å². The SMILES string of the molecule is C#Cc1ccc(-c2ccn(C[C@H]3COCCO3)n2)c(C(F)(F)F)c1. The Morgan fingerprint density at radius 2 is 2.12 bits per heavy atom. The Morgan fingerprint density at radius 1 is 1.29 bits per heavy atom. The van der Waals surface area contributed by atoms with E-state index in [1.807, 2.05) is 0 Å². The van der Waals surface area contributed by atoms with Crippen LogP contribution in [-0.2, 0) is 22.2 Å². The molecule has 0 radical (unpaired) electrons. The number of nitrogens with zero attached hydrogens (tertiary/aromatic N) is 2. The monoisotopic (exact) mass is 336 g/mol. The van der Waals surface area contributed by atoms with Crippen LogP contribution in [0.3, 0.4) is 0 Å². The van der Waals surface area contributed by atoms with Gasteiger partial charge in [0.2, 0.25) is 0 Å². The van der Waals surface area contributed by atoms with E-state index in [2.05, 4.69) is 11.0 Å². The molecule has 1 aromatic heterocycles. The number of benzene rings is 1. The average molecular weight is 336 g/mol. The second-order valence-electron chi connectivity index (χ2n) is 5.39. The number of terminal acetylenes is 1. The van der Waals surface area contributed by atoms with Gasteiger partial charge < -0.3 is 9.47 Å². The predicted octanol–water partition coefficient (Wildman–Crippen LogP) is 2.97. The Morgan fingerprint density at radius 3 is 2.79 bits per heavy atom. The topological polar surface area (TPSA) is 36.3 Å². The molecule has 1 fully saturated rings. The standard InChI is InChI=1S/C17H15F3N2O2/c1-2-12-3-4-14(15(9-12)17(18,19)20)16-5-6-22(21-16)10-13-11-23-7-8-24-13/h1,3-6,9,13H,7-8,10-11H2/t13-/m0/s1. The highest BCUT2D eigenvalue weighted by Gasteiger charge is 2.34. The second kappa shape index (κ2) is 6.67. The van der Waals surface area contributed by atoms with E-state index in [0.29, 0.717) is 26.4 Å². The van der Waals surface area contributed by atoms with Crippen LogP contribution in [-0.4, -0.2) is 35.7 Å². The highest BCUT2D eigenvalue weighted by molar-refractivity contribution is 5.65. The lowest BCUT2D eigenvalue weighted by Crippen LogP contribution is -2.32. The summed E-state index contributed by atoms with van der Waals surface area (Å²) in [5, 5.41) is 4.23. The van der Waals surface area contributed by atoms with Crippen LogP contribution in [0.25, 0.3) is 11.3 Å². The number of ether oxygens (including phenoxy) is 2. The molecule has 0 aliphatic carbocycles. The van der Waals surface area contributed by atoms with E-state index in [9.17, 15) is 13.2 Å². The third kappa shape index (κ3) is 3.61. The van der Waals surface area contributed by atoms with E-state index in [1.165, 1.54) is 12.1 Å². The van der Waals surface area contributed by atoms with E-state index in [-0.39, 0.29) is 22.9 Å². The van der Waals surface area contributed by atoms with Crippen LogP contribution in [0, 0.1) is 12.3 Å². The van der Waals surface area contributed by atoms with Gasteiger partial charge in [-0.15, -0.1) is 6.42 Å². The molecule has 0 unspecified atom stereocenters. The molecule has 1 atom stereocenters. The van der Waals surface area contributed by atoms with Crippen molar-refractivity contribution in [1.29, 1.82) is 0 Å². The average Bonchev–Trinajstić information content (AvgIpc) is 3.03. The summed E-state index contributed by atoms with van der Waals surface area (Å²) in [6, 6.07) is 5.34. The first kappa shape index (κ1) is 16.6. The molecule has 0 bridgehead atoms. The smallest absolute Gasteiger partial charge is 0.376 e. The van der Waals surface area contributed by atoms with E-state index < -0.39 is 11.7 Å². The molecule has 1 aliphatic heterocycles. The second-order valence-corrected chi connectivity index (χ2v) is 5.39. The van der Waals surface area contributed by atoms with Crippen LogP contribution in [0.4, 0.5) is 13.2 Å². The fourth-order valence-electron chi connectivity index (χ4n) is 2.55. The van der Waals surface area contributed by atoms with Crippen molar-refractivity contribution in [3.8, 4) is 23.6 Å². The van der Waals surface area contributed by atoms with E-state index in [1.54, 1.807) is 16.9 Å². The number of alkyl halides is 3. The van der Waals surface area contributed by atoms with Gasteiger partial charge in [0.15, 0.2) is 0 Å². The maximum atomic E-state index is 13.3. The first-order valence-corrected chi connectivity index (χ1v) is 7.38. The first-order chi connectivity index (χ1) is 11.5. The summed E-state index contributed by atoms with van der Waals surface area (Å²) in [5.74, 6) is 2.22. The Kier molecular flexibility index (Phi) is 4.60. The highest BCUT2D eigenvalue weighted by atomic mass is 19.4. The largest absolute Gasteiger partial charge is 0.417 e. The zero-order valence-corrected chi connectivity index (χ0v) is 12.7. The lowest BCUT2D eigenvalue weighted by Gasteiger charge is -2.22. The molecule has 24 heavy (non-hydrogen) atoms. The summed E-state index contributed by atoms with van der Waals surface area (Å²) in [7, 11) is 0. The number of hydrogen-bond donors (Lipinski definition) is 0. The Hall–Kier alpha value is -2.30. The van der Waals surface area contributed by atoms with Crippen molar-refractivity contribution in [2.45, 2.75) is 18.8 Å². The molecule has 0 amide bonds. The Labute approximate surface area is 137 Å². The van der Waals surface area contributed by atoms with Gasteiger partial charge in [-0.2, -0.15) is 18.3 Å². The Balaban J connectivity index is 1.88. The first-order valence-electron chi connectivity index (χ1n) is 7.38. The van der Waals surface area contributed by atoms with Crippen molar-refractivity contribution in [1.82, 2.24) is 9.78 Å². The molecule has 0 N–H and O–H groups in total. The highest BCUT2D eigenvalue weighted by Crippen LogP contribution is 2.37. The minimum absolute atomic E-state index is 0.000984. The van der Waals surface area contributed by atoms with Gasteiger partial charge in [0.05, 0.1) is 37.6 Å². The summed E-state index contributed by atoms with van der Waals surface area (Å²) in [6.45, 7) is 1.92. The van der Waals surface area contributed by atoms with Gasteiger partial charge >= 0.3 is 6.18 Å². The zero-order chi connectivity index (χ0) is 17.2. The maximum Gasteiger partial charge on any atom is 0.417 e. The van der Waals surface area contributed by atoms with Crippen LogP contribution in [0.2, 0.25) is 0 Å².